The molecule has 2 aromatic carbocycles. The van der Waals surface area contributed by atoms with Gasteiger partial charge in [0.05, 0.1) is 28.3 Å². The van der Waals surface area contributed by atoms with Crippen LogP contribution in [0.4, 0.5) is 5.69 Å². The van der Waals surface area contributed by atoms with Crippen LogP contribution in [0.3, 0.4) is 0 Å². The van der Waals surface area contributed by atoms with Gasteiger partial charge in [-0.2, -0.15) is 5.26 Å². The van der Waals surface area contributed by atoms with Gasteiger partial charge in [-0.1, -0.05) is 34.8 Å². The van der Waals surface area contributed by atoms with Gasteiger partial charge < -0.3 is 14.8 Å². The Bertz CT molecular complexity index is 966. The van der Waals surface area contributed by atoms with Crippen LogP contribution in [-0.2, 0) is 4.79 Å². The first-order chi connectivity index (χ1) is 13.2. The van der Waals surface area contributed by atoms with Gasteiger partial charge in [0.15, 0.2) is 11.5 Å². The lowest BCUT2D eigenvalue weighted by Gasteiger charge is -2.15. The number of nitriles is 1. The molecule has 0 fully saturated rings. The number of nitrogens with zero attached hydrogens (tertiary/aromatic N) is 1. The second-order valence-corrected chi connectivity index (χ2v) is 7.18. The Kier molecular flexibility index (Phi) is 7.59. The van der Waals surface area contributed by atoms with Crippen LogP contribution in [0, 0.1) is 11.3 Å². The largest absolute Gasteiger partial charge is 0.493 e. The smallest absolute Gasteiger partial charge is 0.266 e. The number of halogens is 3. The average molecular weight is 440 g/mol. The third-order valence-corrected chi connectivity index (χ3v) is 4.48. The van der Waals surface area contributed by atoms with Gasteiger partial charge in [-0.05, 0) is 55.8 Å². The lowest BCUT2D eigenvalue weighted by molar-refractivity contribution is -0.112. The summed E-state index contributed by atoms with van der Waals surface area (Å²) in [5.41, 5.74) is 0.803. The molecule has 0 heterocycles. The number of amides is 1. The van der Waals surface area contributed by atoms with Crippen molar-refractivity contribution in [3.63, 3.8) is 0 Å². The minimum Gasteiger partial charge on any atom is -0.493 e. The molecule has 146 valence electrons. The predicted molar refractivity (Wildman–Crippen MR) is 112 cm³/mol. The normalized spacial score (nSPS) is 11.1. The molecule has 0 bridgehead atoms. The van der Waals surface area contributed by atoms with Crippen molar-refractivity contribution in [2.75, 3.05) is 12.4 Å². The fourth-order valence-electron chi connectivity index (χ4n) is 2.26. The van der Waals surface area contributed by atoms with Crippen molar-refractivity contribution in [2.24, 2.45) is 0 Å². The number of hydrogen-bond acceptors (Lipinski definition) is 4. The lowest BCUT2D eigenvalue weighted by Crippen LogP contribution is -2.13. The van der Waals surface area contributed by atoms with Gasteiger partial charge in [0.2, 0.25) is 0 Å². The molecule has 0 saturated carbocycles. The van der Waals surface area contributed by atoms with Crippen molar-refractivity contribution in [2.45, 2.75) is 20.0 Å². The van der Waals surface area contributed by atoms with E-state index in [0.29, 0.717) is 37.8 Å². The molecule has 1 N–H and O–H groups in total. The molecular weight excluding hydrogens is 423 g/mol. The second-order valence-electron chi connectivity index (χ2n) is 5.95. The molecule has 0 spiro atoms. The van der Waals surface area contributed by atoms with Crippen LogP contribution in [0.15, 0.2) is 35.9 Å². The molecule has 0 saturated heterocycles. The highest BCUT2D eigenvalue weighted by atomic mass is 35.5. The number of methoxy groups -OCH3 is 1. The molecule has 0 radical (unpaired) electrons. The number of carbonyl (C=O) groups is 1. The zero-order valence-corrected chi connectivity index (χ0v) is 17.6. The van der Waals surface area contributed by atoms with Gasteiger partial charge >= 0.3 is 0 Å². The lowest BCUT2D eigenvalue weighted by atomic mass is 10.1. The minimum absolute atomic E-state index is 0.0977. The van der Waals surface area contributed by atoms with Crippen molar-refractivity contribution < 1.29 is 14.3 Å². The van der Waals surface area contributed by atoms with Crippen LogP contribution in [0.1, 0.15) is 19.4 Å². The van der Waals surface area contributed by atoms with Crippen LogP contribution < -0.4 is 14.8 Å². The summed E-state index contributed by atoms with van der Waals surface area (Å²) < 4.78 is 11.0. The van der Waals surface area contributed by atoms with E-state index in [9.17, 15) is 10.1 Å². The van der Waals surface area contributed by atoms with Gasteiger partial charge in [-0.25, -0.2) is 0 Å². The molecule has 0 atom stereocenters. The standard InChI is InChI=1S/C20H17Cl3N2O3/c1-11(2)28-19-17(23)7-12(8-18(19)27-3)6-13(10-24)20(26)25-14-4-5-15(21)16(22)9-14/h4-9,11H,1-3H3,(H,25,26)/b13-6+. The molecule has 2 rings (SSSR count). The van der Waals surface area contributed by atoms with Crippen LogP contribution in [0.5, 0.6) is 11.5 Å². The number of carbonyl (C=O) groups excluding carboxylic acids is 1. The molecule has 5 nitrogen and oxygen atoms in total. The Morgan fingerprint density at radius 3 is 2.43 bits per heavy atom. The molecule has 1 amide bonds. The van der Waals surface area contributed by atoms with Crippen LogP contribution in [-0.4, -0.2) is 19.1 Å². The molecule has 0 aliphatic rings. The molecule has 0 aromatic heterocycles. The number of benzene rings is 2. The van der Waals surface area contributed by atoms with Crippen molar-refractivity contribution >= 4 is 52.5 Å². The van der Waals surface area contributed by atoms with E-state index in [0.717, 1.165) is 0 Å². The Morgan fingerprint density at radius 1 is 1.14 bits per heavy atom. The summed E-state index contributed by atoms with van der Waals surface area (Å²) in [6, 6.07) is 9.72. The molecule has 8 heteroatoms. The summed E-state index contributed by atoms with van der Waals surface area (Å²) in [4.78, 5) is 12.4. The molecule has 0 unspecified atom stereocenters. The van der Waals surface area contributed by atoms with Gasteiger partial charge in [-0.15, -0.1) is 0 Å². The monoisotopic (exact) mass is 438 g/mol. The van der Waals surface area contributed by atoms with E-state index in [-0.39, 0.29) is 11.7 Å². The van der Waals surface area contributed by atoms with Gasteiger partial charge in [0.25, 0.3) is 5.91 Å². The summed E-state index contributed by atoms with van der Waals surface area (Å²) in [6.07, 6.45) is 1.31. The summed E-state index contributed by atoms with van der Waals surface area (Å²) in [6.45, 7) is 3.73. The highest BCUT2D eigenvalue weighted by Crippen LogP contribution is 2.37. The maximum Gasteiger partial charge on any atom is 0.266 e. The Hall–Kier alpha value is -2.39. The maximum atomic E-state index is 12.4. The summed E-state index contributed by atoms with van der Waals surface area (Å²) in [5, 5.41) is 12.9. The third-order valence-electron chi connectivity index (χ3n) is 3.46. The number of nitrogens with one attached hydrogen (secondary N) is 1. The molecular formula is C20H17Cl3N2O3. The second kappa shape index (κ2) is 9.70. The van der Waals surface area contributed by atoms with Crippen molar-refractivity contribution in [3.05, 3.63) is 56.5 Å². The van der Waals surface area contributed by atoms with E-state index in [1.165, 1.54) is 19.3 Å². The van der Waals surface area contributed by atoms with Crippen molar-refractivity contribution in [3.8, 4) is 17.6 Å². The van der Waals surface area contributed by atoms with E-state index in [4.69, 9.17) is 44.3 Å². The Morgan fingerprint density at radius 2 is 1.86 bits per heavy atom. The molecule has 2 aromatic rings. The maximum absolute atomic E-state index is 12.4. The topological polar surface area (TPSA) is 71.3 Å². The Labute approximate surface area is 178 Å². The zero-order valence-electron chi connectivity index (χ0n) is 15.3. The van der Waals surface area contributed by atoms with Crippen molar-refractivity contribution in [1.82, 2.24) is 0 Å². The van der Waals surface area contributed by atoms with E-state index in [1.807, 2.05) is 19.9 Å². The van der Waals surface area contributed by atoms with Crippen molar-refractivity contribution in [1.29, 1.82) is 5.26 Å². The first-order valence-electron chi connectivity index (χ1n) is 8.17. The number of anilines is 1. The summed E-state index contributed by atoms with van der Waals surface area (Å²) in [7, 11) is 1.48. The SMILES string of the molecule is COc1cc(/C=C(\C#N)C(=O)Nc2ccc(Cl)c(Cl)c2)cc(Cl)c1OC(C)C. The first-order valence-corrected chi connectivity index (χ1v) is 9.31. The van der Waals surface area contributed by atoms with Gasteiger partial charge in [0.1, 0.15) is 11.6 Å². The summed E-state index contributed by atoms with van der Waals surface area (Å²) in [5.74, 6) is 0.197. The van der Waals surface area contributed by atoms with E-state index in [1.54, 1.807) is 24.3 Å². The molecule has 0 aliphatic carbocycles. The fraction of sp³-hybridized carbons (Fsp3) is 0.200. The highest BCUT2D eigenvalue weighted by molar-refractivity contribution is 6.42. The molecule has 28 heavy (non-hydrogen) atoms. The Balaban J connectivity index is 2.32. The quantitative estimate of drug-likeness (QED) is 0.443. The predicted octanol–water partition coefficient (Wildman–Crippen LogP) is 5.99. The third kappa shape index (κ3) is 5.56. The van der Waals surface area contributed by atoms with E-state index in [2.05, 4.69) is 5.32 Å². The first kappa shape index (κ1) is 21.9. The zero-order chi connectivity index (χ0) is 20.8. The van der Waals surface area contributed by atoms with Crippen LogP contribution in [0.25, 0.3) is 6.08 Å². The van der Waals surface area contributed by atoms with Crippen LogP contribution >= 0.6 is 34.8 Å². The highest BCUT2D eigenvalue weighted by Gasteiger charge is 2.15. The van der Waals surface area contributed by atoms with Crippen LogP contribution in [0.2, 0.25) is 15.1 Å². The minimum atomic E-state index is -0.599. The summed E-state index contributed by atoms with van der Waals surface area (Å²) >= 11 is 18.1. The number of rotatable bonds is 6. The van der Waals surface area contributed by atoms with Gasteiger partial charge in [-0.3, -0.25) is 4.79 Å². The van der Waals surface area contributed by atoms with E-state index >= 15 is 0 Å². The number of hydrogen-bond donors (Lipinski definition) is 1. The number of ether oxygens (including phenoxy) is 2. The van der Waals surface area contributed by atoms with Gasteiger partial charge in [0, 0.05) is 5.69 Å². The van der Waals surface area contributed by atoms with E-state index < -0.39 is 5.91 Å². The fourth-order valence-corrected chi connectivity index (χ4v) is 2.82. The molecule has 0 aliphatic heterocycles. The average Bonchev–Trinajstić information content (AvgIpc) is 2.64.